The molecule has 1 aliphatic carbocycles. The van der Waals surface area contributed by atoms with E-state index in [-0.39, 0.29) is 23.9 Å². The quantitative estimate of drug-likeness (QED) is 0.824. The molecule has 5 nitrogen and oxygen atoms in total. The highest BCUT2D eigenvalue weighted by atomic mass is 32.1. The third-order valence-corrected chi connectivity index (χ3v) is 4.64. The van der Waals surface area contributed by atoms with Gasteiger partial charge in [-0.25, -0.2) is 0 Å². The van der Waals surface area contributed by atoms with E-state index >= 15 is 0 Å². The minimum Gasteiger partial charge on any atom is -0.348 e. The average molecular weight is 295 g/mol. The van der Waals surface area contributed by atoms with Crippen LogP contribution in [0.3, 0.4) is 0 Å². The third kappa shape index (κ3) is 3.37. The lowest BCUT2D eigenvalue weighted by atomic mass is 9.96. The normalized spacial score (nSPS) is 17.4. The van der Waals surface area contributed by atoms with Crippen LogP contribution in [0.1, 0.15) is 29.4 Å². The second kappa shape index (κ2) is 5.93. The molecule has 1 aliphatic rings. The van der Waals surface area contributed by atoms with E-state index in [0.717, 1.165) is 12.8 Å². The Hall–Kier alpha value is -1.40. The van der Waals surface area contributed by atoms with E-state index < -0.39 is 0 Å². The van der Waals surface area contributed by atoms with Crippen LogP contribution < -0.4 is 11.1 Å². The van der Waals surface area contributed by atoms with E-state index in [1.165, 1.54) is 16.2 Å². The zero-order valence-corrected chi connectivity index (χ0v) is 12.7. The molecule has 1 unspecified atom stereocenters. The summed E-state index contributed by atoms with van der Waals surface area (Å²) in [5.74, 6) is 0.183. The lowest BCUT2D eigenvalue weighted by Gasteiger charge is -2.30. The molecule has 1 aromatic heterocycles. The average Bonchev–Trinajstić information content (AvgIpc) is 3.14. The first-order valence-electron chi connectivity index (χ1n) is 6.76. The second-order valence-electron chi connectivity index (χ2n) is 5.58. The van der Waals surface area contributed by atoms with Crippen molar-refractivity contribution >= 4 is 23.2 Å². The maximum atomic E-state index is 12.1. The Labute approximate surface area is 123 Å². The van der Waals surface area contributed by atoms with Crippen molar-refractivity contribution in [2.24, 2.45) is 11.7 Å². The predicted octanol–water partition coefficient (Wildman–Crippen LogP) is 1.06. The summed E-state index contributed by atoms with van der Waals surface area (Å²) in [5, 5.41) is 4.83. The number of rotatable bonds is 6. The lowest BCUT2D eigenvalue weighted by molar-refractivity contribution is -0.123. The number of likely N-dealkylation sites (N-methyl/N-ethyl adjacent to an activating group) is 1. The van der Waals surface area contributed by atoms with E-state index in [1.807, 2.05) is 18.4 Å². The molecule has 6 heteroatoms. The number of hydrogen-bond donors (Lipinski definition) is 2. The number of nitrogens with zero attached hydrogens (tertiary/aromatic N) is 1. The maximum absolute atomic E-state index is 12.1. The van der Waals surface area contributed by atoms with Crippen molar-refractivity contribution in [2.45, 2.75) is 25.3 Å². The van der Waals surface area contributed by atoms with Crippen LogP contribution in [0.5, 0.6) is 0 Å². The standard InChI is InChI=1S/C14H21N3O2S/c1-14(9-15,10-5-6-10)16-12(18)8-17(2)13(19)11-4-3-7-20-11/h3-4,7,10H,5-6,8-9,15H2,1-2H3,(H,16,18). The third-order valence-electron chi connectivity index (χ3n) is 3.79. The summed E-state index contributed by atoms with van der Waals surface area (Å²) >= 11 is 1.38. The van der Waals surface area contributed by atoms with Crippen LogP contribution in [0.4, 0.5) is 0 Å². The van der Waals surface area contributed by atoms with Gasteiger partial charge in [-0.05, 0) is 37.1 Å². The Bertz CT molecular complexity index is 485. The van der Waals surface area contributed by atoms with Crippen molar-refractivity contribution in [3.63, 3.8) is 0 Å². The molecule has 110 valence electrons. The molecule has 0 saturated heterocycles. The van der Waals surface area contributed by atoms with Crippen molar-refractivity contribution in [3.8, 4) is 0 Å². The Kier molecular flexibility index (Phi) is 4.45. The fourth-order valence-electron chi connectivity index (χ4n) is 2.27. The van der Waals surface area contributed by atoms with Crippen molar-refractivity contribution < 1.29 is 9.59 Å². The zero-order valence-electron chi connectivity index (χ0n) is 11.9. The SMILES string of the molecule is CN(CC(=O)NC(C)(CN)C1CC1)C(=O)c1cccs1. The molecule has 2 rings (SSSR count). The molecule has 20 heavy (non-hydrogen) atoms. The number of carbonyl (C=O) groups is 2. The Balaban J connectivity index is 1.89. The van der Waals surface area contributed by atoms with Gasteiger partial charge < -0.3 is 16.0 Å². The largest absolute Gasteiger partial charge is 0.348 e. The molecule has 1 saturated carbocycles. The molecule has 1 fully saturated rings. The van der Waals surface area contributed by atoms with Gasteiger partial charge in [-0.2, -0.15) is 0 Å². The highest BCUT2D eigenvalue weighted by Gasteiger charge is 2.41. The number of hydrogen-bond acceptors (Lipinski definition) is 4. The molecule has 0 aromatic carbocycles. The van der Waals surface area contributed by atoms with Gasteiger partial charge in [0.2, 0.25) is 5.91 Å². The minimum atomic E-state index is -0.343. The number of carbonyl (C=O) groups excluding carboxylic acids is 2. The van der Waals surface area contributed by atoms with Gasteiger partial charge >= 0.3 is 0 Å². The van der Waals surface area contributed by atoms with E-state index in [9.17, 15) is 9.59 Å². The summed E-state index contributed by atoms with van der Waals surface area (Å²) in [6.45, 7) is 2.45. The molecule has 2 amide bonds. The molecule has 1 heterocycles. The van der Waals surface area contributed by atoms with Gasteiger partial charge in [0, 0.05) is 13.6 Å². The van der Waals surface area contributed by atoms with Gasteiger partial charge in [0.25, 0.3) is 5.91 Å². The summed E-state index contributed by atoms with van der Waals surface area (Å²) in [6, 6.07) is 3.58. The lowest BCUT2D eigenvalue weighted by Crippen LogP contribution is -2.55. The Morgan fingerprint density at radius 2 is 2.25 bits per heavy atom. The van der Waals surface area contributed by atoms with Crippen molar-refractivity contribution in [3.05, 3.63) is 22.4 Å². The Morgan fingerprint density at radius 1 is 1.55 bits per heavy atom. The fraction of sp³-hybridized carbons (Fsp3) is 0.571. The summed E-state index contributed by atoms with van der Waals surface area (Å²) in [4.78, 5) is 26.2. The highest BCUT2D eigenvalue weighted by Crippen LogP contribution is 2.38. The Morgan fingerprint density at radius 3 is 2.75 bits per heavy atom. The van der Waals surface area contributed by atoms with E-state index in [0.29, 0.717) is 17.3 Å². The van der Waals surface area contributed by atoms with Gasteiger partial charge in [-0.15, -0.1) is 11.3 Å². The van der Waals surface area contributed by atoms with Gasteiger partial charge in [-0.3, -0.25) is 9.59 Å². The first-order valence-corrected chi connectivity index (χ1v) is 7.64. The molecular formula is C14H21N3O2S. The molecule has 0 aliphatic heterocycles. The summed E-state index contributed by atoms with van der Waals surface area (Å²) in [7, 11) is 1.64. The van der Waals surface area contributed by atoms with Crippen molar-refractivity contribution in [1.82, 2.24) is 10.2 Å². The van der Waals surface area contributed by atoms with Gasteiger partial charge in [-0.1, -0.05) is 6.07 Å². The van der Waals surface area contributed by atoms with Crippen LogP contribution in [-0.2, 0) is 4.79 Å². The van der Waals surface area contributed by atoms with Crippen LogP contribution in [0, 0.1) is 5.92 Å². The van der Waals surface area contributed by atoms with Crippen LogP contribution >= 0.6 is 11.3 Å². The van der Waals surface area contributed by atoms with E-state index in [1.54, 1.807) is 13.1 Å². The molecule has 1 atom stereocenters. The first-order chi connectivity index (χ1) is 9.46. The van der Waals surface area contributed by atoms with Crippen LogP contribution in [0.2, 0.25) is 0 Å². The van der Waals surface area contributed by atoms with Gasteiger partial charge in [0.05, 0.1) is 17.0 Å². The molecular weight excluding hydrogens is 274 g/mol. The van der Waals surface area contributed by atoms with E-state index in [4.69, 9.17) is 5.73 Å². The summed E-state index contributed by atoms with van der Waals surface area (Å²) in [5.41, 5.74) is 5.43. The van der Waals surface area contributed by atoms with Crippen molar-refractivity contribution in [1.29, 1.82) is 0 Å². The topological polar surface area (TPSA) is 75.4 Å². The van der Waals surface area contributed by atoms with Crippen LogP contribution in [0.25, 0.3) is 0 Å². The summed E-state index contributed by atoms with van der Waals surface area (Å²) < 4.78 is 0. The highest BCUT2D eigenvalue weighted by molar-refractivity contribution is 7.12. The van der Waals surface area contributed by atoms with Gasteiger partial charge in [0.1, 0.15) is 0 Å². The van der Waals surface area contributed by atoms with E-state index in [2.05, 4.69) is 5.32 Å². The molecule has 0 radical (unpaired) electrons. The predicted molar refractivity (Wildman–Crippen MR) is 79.6 cm³/mol. The molecule has 0 bridgehead atoms. The first kappa shape index (κ1) is 15.0. The van der Waals surface area contributed by atoms with Crippen LogP contribution in [-0.4, -0.2) is 42.4 Å². The summed E-state index contributed by atoms with van der Waals surface area (Å²) in [6.07, 6.45) is 2.22. The monoisotopic (exact) mass is 295 g/mol. The number of thiophene rings is 1. The second-order valence-corrected chi connectivity index (χ2v) is 6.53. The molecule has 1 aromatic rings. The number of amides is 2. The fourth-order valence-corrected chi connectivity index (χ4v) is 2.99. The van der Waals surface area contributed by atoms with Gasteiger partial charge in [0.15, 0.2) is 0 Å². The number of nitrogens with one attached hydrogen (secondary N) is 1. The zero-order chi connectivity index (χ0) is 14.8. The maximum Gasteiger partial charge on any atom is 0.264 e. The number of nitrogens with two attached hydrogens (primary N) is 1. The molecule has 3 N–H and O–H groups in total. The minimum absolute atomic E-state index is 0.0546. The smallest absolute Gasteiger partial charge is 0.264 e. The molecule has 0 spiro atoms. The van der Waals surface area contributed by atoms with Crippen LogP contribution in [0.15, 0.2) is 17.5 Å². The van der Waals surface area contributed by atoms with Crippen molar-refractivity contribution in [2.75, 3.05) is 20.1 Å².